The molecule has 0 spiro atoms. The minimum Gasteiger partial charge on any atom is -0.385 e. The maximum Gasteiger partial charge on any atom is 0.178 e. The lowest BCUT2D eigenvalue weighted by atomic mass is 9.78. The van der Waals surface area contributed by atoms with Crippen LogP contribution in [0, 0.1) is 5.92 Å². The number of Topliss-reactive ketones (excluding diaryl/α,β-unsaturated/α-hetero) is 1. The van der Waals surface area contributed by atoms with Crippen LogP contribution in [0.4, 0.5) is 0 Å². The van der Waals surface area contributed by atoms with Gasteiger partial charge in [0.15, 0.2) is 5.78 Å². The average Bonchev–Trinajstić information content (AvgIpc) is 2.90. The molecule has 1 saturated heterocycles. The Morgan fingerprint density at radius 2 is 2.17 bits per heavy atom. The van der Waals surface area contributed by atoms with Crippen molar-refractivity contribution in [1.82, 2.24) is 15.2 Å². The highest BCUT2D eigenvalue weighted by Crippen LogP contribution is 2.43. The number of fused-ring (bicyclic) bond motifs is 2. The van der Waals surface area contributed by atoms with E-state index < -0.39 is 6.10 Å². The number of H-pyrrole nitrogens is 1. The van der Waals surface area contributed by atoms with Gasteiger partial charge in [-0.25, -0.2) is 0 Å². The Kier molecular flexibility index (Phi) is 5.14. The first kappa shape index (κ1) is 19.5. The van der Waals surface area contributed by atoms with E-state index in [1.54, 1.807) is 0 Å². The number of aromatic nitrogens is 1. The maximum absolute atomic E-state index is 13.0. The van der Waals surface area contributed by atoms with Gasteiger partial charge in [0.2, 0.25) is 0 Å². The molecule has 0 radical (unpaired) electrons. The van der Waals surface area contributed by atoms with Gasteiger partial charge in [0.05, 0.1) is 10.6 Å². The smallest absolute Gasteiger partial charge is 0.178 e. The molecule has 1 aromatic carbocycles. The molecule has 0 amide bonds. The van der Waals surface area contributed by atoms with Gasteiger partial charge in [-0.15, -0.1) is 0 Å². The molecule has 2 aromatic rings. The van der Waals surface area contributed by atoms with Crippen molar-refractivity contribution in [3.63, 3.8) is 0 Å². The third-order valence-electron chi connectivity index (χ3n) is 6.97. The Bertz CT molecular complexity index is 974. The number of likely N-dealkylation sites (N-methyl/N-ethyl adjacent to an activating group) is 1. The molecule has 3 heterocycles. The number of benzene rings is 1. The second-order valence-corrected chi connectivity index (χ2v) is 9.59. The molecule has 0 bridgehead atoms. The number of halogens is 1. The van der Waals surface area contributed by atoms with Crippen molar-refractivity contribution in [3.8, 4) is 0 Å². The van der Waals surface area contributed by atoms with E-state index in [1.807, 2.05) is 0 Å². The molecule has 1 aliphatic carbocycles. The summed E-state index contributed by atoms with van der Waals surface area (Å²) in [6.07, 6.45) is 6.30. The van der Waals surface area contributed by atoms with Crippen LogP contribution in [0.15, 0.2) is 28.9 Å². The summed E-state index contributed by atoms with van der Waals surface area (Å²) in [5, 5.41) is 15.6. The first-order chi connectivity index (χ1) is 14.0. The summed E-state index contributed by atoms with van der Waals surface area (Å²) >= 11 is 3.69. The van der Waals surface area contributed by atoms with E-state index in [1.165, 1.54) is 22.1 Å². The predicted molar refractivity (Wildman–Crippen MR) is 119 cm³/mol. The monoisotopic (exact) mass is 457 g/mol. The van der Waals surface area contributed by atoms with Crippen LogP contribution in [0.5, 0.6) is 0 Å². The van der Waals surface area contributed by atoms with Crippen molar-refractivity contribution in [2.75, 3.05) is 20.1 Å². The number of aliphatic hydroxyl groups excluding tert-OH is 1. The maximum atomic E-state index is 13.0. The van der Waals surface area contributed by atoms with Gasteiger partial charge in [0, 0.05) is 29.4 Å². The van der Waals surface area contributed by atoms with Crippen molar-refractivity contribution >= 4 is 38.2 Å². The zero-order valence-corrected chi connectivity index (χ0v) is 18.3. The molecule has 3 unspecified atom stereocenters. The van der Waals surface area contributed by atoms with Crippen molar-refractivity contribution < 1.29 is 9.90 Å². The molecule has 5 nitrogen and oxygen atoms in total. The van der Waals surface area contributed by atoms with Gasteiger partial charge in [-0.1, -0.05) is 31.1 Å². The summed E-state index contributed by atoms with van der Waals surface area (Å²) in [7, 11) is 2.11. The van der Waals surface area contributed by atoms with Crippen molar-refractivity contribution in [3.05, 3.63) is 40.0 Å². The molecule has 2 aliphatic heterocycles. The van der Waals surface area contributed by atoms with Crippen LogP contribution < -0.4 is 5.32 Å². The van der Waals surface area contributed by atoms with Crippen molar-refractivity contribution in [2.24, 2.45) is 5.92 Å². The van der Waals surface area contributed by atoms with Crippen LogP contribution in [0.25, 0.3) is 16.5 Å². The van der Waals surface area contributed by atoms with E-state index in [9.17, 15) is 9.90 Å². The van der Waals surface area contributed by atoms with Gasteiger partial charge in [-0.2, -0.15) is 0 Å². The van der Waals surface area contributed by atoms with E-state index in [2.05, 4.69) is 62.5 Å². The Balaban J connectivity index is 1.49. The number of nitrogens with one attached hydrogen (secondary N) is 2. The number of rotatable bonds is 3. The second-order valence-electron chi connectivity index (χ2n) is 8.79. The second kappa shape index (κ2) is 7.65. The molecule has 154 valence electrons. The molecule has 3 N–H and O–H groups in total. The van der Waals surface area contributed by atoms with E-state index in [-0.39, 0.29) is 23.8 Å². The summed E-state index contributed by atoms with van der Waals surface area (Å²) in [5.41, 5.74) is 4.92. The van der Waals surface area contributed by atoms with Crippen LogP contribution in [0.3, 0.4) is 0 Å². The predicted octanol–water partition coefficient (Wildman–Crippen LogP) is 3.26. The van der Waals surface area contributed by atoms with E-state index in [4.69, 9.17) is 0 Å². The number of carbonyl (C=O) groups is 1. The summed E-state index contributed by atoms with van der Waals surface area (Å²) < 4.78 is 1.06. The first-order valence-electron chi connectivity index (χ1n) is 10.7. The number of aromatic amines is 1. The first-order valence-corrected chi connectivity index (χ1v) is 11.5. The molecule has 6 heteroatoms. The quantitative estimate of drug-likeness (QED) is 0.661. The van der Waals surface area contributed by atoms with Crippen molar-refractivity contribution in [1.29, 1.82) is 0 Å². The minimum atomic E-state index is -0.958. The van der Waals surface area contributed by atoms with Crippen LogP contribution in [0.2, 0.25) is 0 Å². The van der Waals surface area contributed by atoms with Crippen molar-refractivity contribution in [2.45, 2.75) is 50.3 Å². The van der Waals surface area contributed by atoms with Gasteiger partial charge in [0.25, 0.3) is 0 Å². The lowest BCUT2D eigenvalue weighted by Crippen LogP contribution is -2.50. The summed E-state index contributed by atoms with van der Waals surface area (Å²) in [6, 6.07) is 6.41. The fraction of sp³-hybridized carbons (Fsp3) is 0.522. The third kappa shape index (κ3) is 3.30. The minimum absolute atomic E-state index is 0.0419. The number of hydrogen-bond acceptors (Lipinski definition) is 4. The Labute approximate surface area is 179 Å². The largest absolute Gasteiger partial charge is 0.385 e. The molecular weight excluding hydrogens is 430 g/mol. The van der Waals surface area contributed by atoms with Gasteiger partial charge >= 0.3 is 0 Å². The third-order valence-corrected chi connectivity index (χ3v) is 7.65. The number of ketones is 1. The highest BCUT2D eigenvalue weighted by molar-refractivity contribution is 9.10. The molecule has 1 aromatic heterocycles. The number of carbonyl (C=O) groups excluding carboxylic acids is 1. The number of nitrogens with zero attached hydrogens (tertiary/aromatic N) is 1. The SMILES string of the molecule is CN1CC(C(O)C(=O)C2CCCCCN2)C=C2c3cccc4[nH]c(Br)c(c34)C[C@@H]21. The van der Waals surface area contributed by atoms with Crippen LogP contribution >= 0.6 is 15.9 Å². The molecule has 5 rings (SSSR count). The highest BCUT2D eigenvalue weighted by atomic mass is 79.9. The lowest BCUT2D eigenvalue weighted by Gasteiger charge is -2.41. The van der Waals surface area contributed by atoms with Gasteiger partial charge in [-0.3, -0.25) is 9.69 Å². The fourth-order valence-electron chi connectivity index (χ4n) is 5.42. The Morgan fingerprint density at radius 3 is 3.03 bits per heavy atom. The molecule has 4 atom stereocenters. The standard InChI is InChI=1S/C23H28BrN3O2/c1-27-12-13(21(28)22(29)18-7-3-2-4-9-25-18)10-15-14-6-5-8-17-20(14)16(11-19(15)27)23(24)26-17/h5-6,8,10,13,18-19,21,25-26,28H,2-4,7,9,11-12H2,1H3/t13?,18?,19-,21?/m0/s1. The topological polar surface area (TPSA) is 68.4 Å². The summed E-state index contributed by atoms with van der Waals surface area (Å²) in [6.45, 7) is 1.56. The van der Waals surface area contributed by atoms with Crippen LogP contribution in [-0.4, -0.2) is 59.1 Å². The summed E-state index contributed by atoms with van der Waals surface area (Å²) in [5.74, 6) is -0.220. The highest BCUT2D eigenvalue weighted by Gasteiger charge is 2.39. The normalized spacial score (nSPS) is 28.5. The fourth-order valence-corrected chi connectivity index (χ4v) is 5.99. The molecule has 1 fully saturated rings. The number of hydrogen-bond donors (Lipinski definition) is 3. The number of aliphatic hydroxyl groups is 1. The van der Waals surface area contributed by atoms with E-state index >= 15 is 0 Å². The zero-order valence-electron chi connectivity index (χ0n) is 16.7. The van der Waals surface area contributed by atoms with Gasteiger partial charge in [-0.05, 0) is 71.6 Å². The van der Waals surface area contributed by atoms with E-state index in [0.717, 1.165) is 48.8 Å². The van der Waals surface area contributed by atoms with Gasteiger partial charge in [0.1, 0.15) is 6.10 Å². The summed E-state index contributed by atoms with van der Waals surface area (Å²) in [4.78, 5) is 18.8. The zero-order chi connectivity index (χ0) is 20.1. The molecule has 3 aliphatic rings. The van der Waals surface area contributed by atoms with Crippen LogP contribution in [0.1, 0.15) is 36.8 Å². The van der Waals surface area contributed by atoms with E-state index in [0.29, 0.717) is 6.54 Å². The lowest BCUT2D eigenvalue weighted by molar-refractivity contribution is -0.131. The Morgan fingerprint density at radius 1 is 1.31 bits per heavy atom. The molecule has 29 heavy (non-hydrogen) atoms. The molecular formula is C23H28BrN3O2. The van der Waals surface area contributed by atoms with Gasteiger partial charge < -0.3 is 15.4 Å². The Hall–Kier alpha value is -1.47. The van der Waals surface area contributed by atoms with Crippen LogP contribution in [-0.2, 0) is 11.2 Å². The molecule has 0 saturated carbocycles. The average molecular weight is 458 g/mol.